The standard InChI is InChI=1S/C27H23N5/c1-3-21-18(2)27(32-31-21)26-15-8-13-23(30-26)20-10-6-9-19(17-20)22-12-7-14-25(29-22)24-11-4-5-16-28-24/h4-17H,3H2,1-2H3,(H,31,32). The summed E-state index contributed by atoms with van der Waals surface area (Å²) in [7, 11) is 0. The van der Waals surface area contributed by atoms with Gasteiger partial charge in [0.05, 0.1) is 28.5 Å². The predicted molar refractivity (Wildman–Crippen MR) is 128 cm³/mol. The van der Waals surface area contributed by atoms with Crippen LogP contribution in [-0.2, 0) is 6.42 Å². The van der Waals surface area contributed by atoms with Crippen LogP contribution in [0.5, 0.6) is 0 Å². The van der Waals surface area contributed by atoms with Crippen molar-refractivity contribution in [2.24, 2.45) is 0 Å². The molecule has 0 unspecified atom stereocenters. The van der Waals surface area contributed by atoms with E-state index in [-0.39, 0.29) is 0 Å². The molecule has 0 aliphatic rings. The molecule has 5 heteroatoms. The summed E-state index contributed by atoms with van der Waals surface area (Å²) in [6.45, 7) is 4.21. The van der Waals surface area contributed by atoms with Gasteiger partial charge in [0.2, 0.25) is 0 Å². The summed E-state index contributed by atoms with van der Waals surface area (Å²) in [6.07, 6.45) is 2.71. The third kappa shape index (κ3) is 3.81. The first-order chi connectivity index (χ1) is 15.7. The molecule has 0 saturated heterocycles. The van der Waals surface area contributed by atoms with Gasteiger partial charge in [0.25, 0.3) is 0 Å². The Morgan fingerprint density at radius 2 is 1.31 bits per heavy atom. The third-order valence-corrected chi connectivity index (χ3v) is 5.59. The predicted octanol–water partition coefficient (Wildman–Crippen LogP) is 6.13. The van der Waals surface area contributed by atoms with Crippen molar-refractivity contribution in [2.75, 3.05) is 0 Å². The average Bonchev–Trinajstić information content (AvgIpc) is 3.25. The highest BCUT2D eigenvalue weighted by atomic mass is 15.1. The van der Waals surface area contributed by atoms with Crippen LogP contribution in [0.2, 0.25) is 0 Å². The molecule has 1 aromatic carbocycles. The van der Waals surface area contributed by atoms with E-state index in [4.69, 9.17) is 9.97 Å². The lowest BCUT2D eigenvalue weighted by Crippen LogP contribution is -1.92. The quantitative estimate of drug-likeness (QED) is 0.373. The van der Waals surface area contributed by atoms with E-state index in [1.807, 2.05) is 60.7 Å². The van der Waals surface area contributed by atoms with E-state index in [2.05, 4.69) is 47.2 Å². The van der Waals surface area contributed by atoms with E-state index in [9.17, 15) is 0 Å². The summed E-state index contributed by atoms with van der Waals surface area (Å²) in [5, 5.41) is 7.62. The molecular weight excluding hydrogens is 394 g/mol. The van der Waals surface area contributed by atoms with Crippen LogP contribution < -0.4 is 0 Å². The Labute approximate surface area is 187 Å². The molecule has 0 aliphatic heterocycles. The van der Waals surface area contributed by atoms with Crippen LogP contribution in [0.1, 0.15) is 18.2 Å². The summed E-state index contributed by atoms with van der Waals surface area (Å²) in [5.74, 6) is 0. The molecule has 1 N–H and O–H groups in total. The molecule has 4 aromatic heterocycles. The molecule has 156 valence electrons. The largest absolute Gasteiger partial charge is 0.282 e. The molecule has 5 aromatic rings. The molecule has 4 heterocycles. The lowest BCUT2D eigenvalue weighted by Gasteiger charge is -2.08. The van der Waals surface area contributed by atoms with Crippen LogP contribution in [0.15, 0.2) is 85.1 Å². The Balaban J connectivity index is 1.51. The van der Waals surface area contributed by atoms with Crippen LogP contribution in [0.3, 0.4) is 0 Å². The van der Waals surface area contributed by atoms with Gasteiger partial charge in [-0.1, -0.05) is 43.3 Å². The van der Waals surface area contributed by atoms with Crippen molar-refractivity contribution in [3.8, 4) is 45.3 Å². The van der Waals surface area contributed by atoms with Gasteiger partial charge in [0, 0.05) is 23.0 Å². The summed E-state index contributed by atoms with van der Waals surface area (Å²) >= 11 is 0. The second kappa shape index (κ2) is 8.55. The van der Waals surface area contributed by atoms with Crippen LogP contribution in [0.4, 0.5) is 0 Å². The molecular formula is C27H23N5. The summed E-state index contributed by atoms with van der Waals surface area (Å²) < 4.78 is 0. The van der Waals surface area contributed by atoms with Gasteiger partial charge < -0.3 is 0 Å². The maximum atomic E-state index is 4.91. The van der Waals surface area contributed by atoms with E-state index < -0.39 is 0 Å². The van der Waals surface area contributed by atoms with Gasteiger partial charge >= 0.3 is 0 Å². The van der Waals surface area contributed by atoms with E-state index in [0.29, 0.717) is 0 Å². The maximum absolute atomic E-state index is 4.91. The zero-order valence-electron chi connectivity index (χ0n) is 18.1. The molecule has 0 amide bonds. The first-order valence-electron chi connectivity index (χ1n) is 10.7. The van der Waals surface area contributed by atoms with Crippen LogP contribution in [-0.4, -0.2) is 25.1 Å². The Bertz CT molecular complexity index is 1370. The first-order valence-corrected chi connectivity index (χ1v) is 10.7. The maximum Gasteiger partial charge on any atom is 0.114 e. The second-order valence-electron chi connectivity index (χ2n) is 7.64. The molecule has 0 bridgehead atoms. The van der Waals surface area contributed by atoms with Crippen molar-refractivity contribution in [3.63, 3.8) is 0 Å². The normalized spacial score (nSPS) is 10.9. The van der Waals surface area contributed by atoms with Crippen LogP contribution in [0.25, 0.3) is 45.3 Å². The number of hydrogen-bond donors (Lipinski definition) is 1. The minimum absolute atomic E-state index is 0.856. The Morgan fingerprint density at radius 1 is 0.688 bits per heavy atom. The van der Waals surface area contributed by atoms with Gasteiger partial charge in [-0.2, -0.15) is 5.10 Å². The first kappa shape index (κ1) is 19.8. The molecule has 0 radical (unpaired) electrons. The molecule has 0 fully saturated rings. The molecule has 5 nitrogen and oxygen atoms in total. The SMILES string of the molecule is CCc1[nH]nc(-c2cccc(-c3cccc(-c4cccc(-c5ccccn5)n4)c3)n2)c1C. The van der Waals surface area contributed by atoms with Gasteiger partial charge in [0.15, 0.2) is 0 Å². The number of H-pyrrole nitrogens is 1. The van der Waals surface area contributed by atoms with Crippen molar-refractivity contribution in [1.29, 1.82) is 0 Å². The minimum Gasteiger partial charge on any atom is -0.282 e. The number of benzene rings is 1. The van der Waals surface area contributed by atoms with Crippen LogP contribution in [0, 0.1) is 6.92 Å². The highest BCUT2D eigenvalue weighted by Gasteiger charge is 2.12. The van der Waals surface area contributed by atoms with Crippen molar-refractivity contribution in [2.45, 2.75) is 20.3 Å². The highest BCUT2D eigenvalue weighted by Crippen LogP contribution is 2.28. The third-order valence-electron chi connectivity index (χ3n) is 5.59. The molecule has 0 atom stereocenters. The molecule has 0 saturated carbocycles. The number of aromatic nitrogens is 5. The number of aromatic amines is 1. The van der Waals surface area contributed by atoms with E-state index in [1.54, 1.807) is 6.20 Å². The zero-order chi connectivity index (χ0) is 21.9. The number of nitrogens with one attached hydrogen (secondary N) is 1. The zero-order valence-corrected chi connectivity index (χ0v) is 18.1. The van der Waals surface area contributed by atoms with Crippen molar-refractivity contribution >= 4 is 0 Å². The van der Waals surface area contributed by atoms with E-state index in [0.717, 1.165) is 63.0 Å². The number of nitrogens with zero attached hydrogens (tertiary/aromatic N) is 4. The number of pyridine rings is 3. The van der Waals surface area contributed by atoms with Gasteiger partial charge in [-0.15, -0.1) is 0 Å². The lowest BCUT2D eigenvalue weighted by molar-refractivity contribution is 0.969. The fourth-order valence-electron chi connectivity index (χ4n) is 3.85. The van der Waals surface area contributed by atoms with Gasteiger partial charge in [0.1, 0.15) is 5.69 Å². The number of hydrogen-bond acceptors (Lipinski definition) is 4. The molecule has 32 heavy (non-hydrogen) atoms. The topological polar surface area (TPSA) is 67.3 Å². The number of aryl methyl sites for hydroxylation is 1. The van der Waals surface area contributed by atoms with Gasteiger partial charge in [-0.3, -0.25) is 10.1 Å². The summed E-state index contributed by atoms with van der Waals surface area (Å²) in [5.41, 5.74) is 9.69. The Hall–Kier alpha value is -4.12. The smallest absolute Gasteiger partial charge is 0.114 e. The van der Waals surface area contributed by atoms with Crippen LogP contribution >= 0.6 is 0 Å². The van der Waals surface area contributed by atoms with Crippen molar-refractivity contribution in [1.82, 2.24) is 25.1 Å². The van der Waals surface area contributed by atoms with Gasteiger partial charge in [-0.05, 0) is 61.4 Å². The highest BCUT2D eigenvalue weighted by molar-refractivity contribution is 5.72. The fraction of sp³-hybridized carbons (Fsp3) is 0.111. The fourth-order valence-corrected chi connectivity index (χ4v) is 3.85. The summed E-state index contributed by atoms with van der Waals surface area (Å²) in [4.78, 5) is 14.2. The molecule has 0 spiro atoms. The number of rotatable bonds is 5. The van der Waals surface area contributed by atoms with Crippen molar-refractivity contribution < 1.29 is 0 Å². The Kier molecular flexibility index (Phi) is 5.30. The monoisotopic (exact) mass is 417 g/mol. The van der Waals surface area contributed by atoms with Gasteiger partial charge in [-0.25, -0.2) is 9.97 Å². The Morgan fingerprint density at radius 3 is 1.97 bits per heavy atom. The minimum atomic E-state index is 0.856. The van der Waals surface area contributed by atoms with E-state index in [1.165, 1.54) is 0 Å². The molecule has 0 aliphatic carbocycles. The van der Waals surface area contributed by atoms with E-state index >= 15 is 0 Å². The lowest BCUT2D eigenvalue weighted by atomic mass is 10.0. The van der Waals surface area contributed by atoms with Crippen molar-refractivity contribution in [3.05, 3.63) is 96.3 Å². The summed E-state index contributed by atoms with van der Waals surface area (Å²) in [6, 6.07) is 26.3. The molecule has 5 rings (SSSR count). The average molecular weight is 418 g/mol. The second-order valence-corrected chi connectivity index (χ2v) is 7.64.